The van der Waals surface area contributed by atoms with Gasteiger partial charge in [-0.2, -0.15) is 13.2 Å². The Morgan fingerprint density at radius 2 is 1.65 bits per heavy atom. The van der Waals surface area contributed by atoms with Gasteiger partial charge in [0.15, 0.2) is 0 Å². The van der Waals surface area contributed by atoms with E-state index in [0.717, 1.165) is 23.3 Å². The van der Waals surface area contributed by atoms with Gasteiger partial charge < -0.3 is 5.32 Å². The van der Waals surface area contributed by atoms with Crippen LogP contribution in [0.25, 0.3) is 0 Å². The van der Waals surface area contributed by atoms with Gasteiger partial charge >= 0.3 is 6.18 Å². The van der Waals surface area contributed by atoms with Crippen LogP contribution in [0.1, 0.15) is 50.7 Å². The number of rotatable bonds is 9. The predicted octanol–water partition coefficient (Wildman–Crippen LogP) is 6.99. The molecule has 0 saturated carbocycles. The quantitative estimate of drug-likeness (QED) is 0.239. The molecule has 0 aliphatic rings. The maximum absolute atomic E-state index is 13.4. The smallest absolute Gasteiger partial charge is 0.344 e. The zero-order valence-corrected chi connectivity index (χ0v) is 20.8. The van der Waals surface area contributed by atoms with Crippen molar-refractivity contribution in [2.75, 3.05) is 0 Å². The Labute approximate surface area is 216 Å². The molecule has 1 atom stereocenters. The summed E-state index contributed by atoms with van der Waals surface area (Å²) >= 11 is 1.31. The minimum atomic E-state index is -4.44. The summed E-state index contributed by atoms with van der Waals surface area (Å²) in [5.41, 5.74) is 1.83. The number of thiazole rings is 1. The second kappa shape index (κ2) is 11.7. The Hall–Kier alpha value is -3.56. The van der Waals surface area contributed by atoms with Crippen LogP contribution in [0, 0.1) is 5.82 Å². The van der Waals surface area contributed by atoms with E-state index in [1.165, 1.54) is 29.5 Å². The van der Waals surface area contributed by atoms with Crippen molar-refractivity contribution in [3.8, 4) is 0 Å². The Kier molecular flexibility index (Phi) is 8.35. The van der Waals surface area contributed by atoms with Gasteiger partial charge in [-0.1, -0.05) is 60.7 Å². The molecule has 1 amide bonds. The van der Waals surface area contributed by atoms with Crippen molar-refractivity contribution in [2.24, 2.45) is 0 Å². The number of aromatic nitrogens is 1. The van der Waals surface area contributed by atoms with Crippen LogP contribution in [-0.2, 0) is 25.8 Å². The molecule has 0 spiro atoms. The lowest BCUT2D eigenvalue weighted by molar-refractivity contribution is -0.137. The van der Waals surface area contributed by atoms with Crippen molar-refractivity contribution in [2.45, 2.75) is 38.8 Å². The number of halogens is 4. The van der Waals surface area contributed by atoms with Crippen molar-refractivity contribution in [3.63, 3.8) is 0 Å². The van der Waals surface area contributed by atoms with E-state index in [1.807, 2.05) is 42.2 Å². The van der Waals surface area contributed by atoms with Gasteiger partial charge in [-0.25, -0.2) is 9.37 Å². The molecule has 1 N–H and O–H groups in total. The Bertz CT molecular complexity index is 1320. The van der Waals surface area contributed by atoms with E-state index >= 15 is 0 Å². The van der Waals surface area contributed by atoms with Gasteiger partial charge in [0.25, 0.3) is 5.91 Å². The number of hydrogen-bond acceptors (Lipinski definition) is 4. The lowest BCUT2D eigenvalue weighted by Gasteiger charge is -2.22. The molecule has 0 bridgehead atoms. The van der Waals surface area contributed by atoms with Crippen LogP contribution in [0.3, 0.4) is 0 Å². The van der Waals surface area contributed by atoms with Crippen LogP contribution in [0.5, 0.6) is 0 Å². The third kappa shape index (κ3) is 7.47. The third-order valence-electron chi connectivity index (χ3n) is 5.77. The molecule has 3 aromatic carbocycles. The third-order valence-corrected chi connectivity index (χ3v) is 6.60. The van der Waals surface area contributed by atoms with Gasteiger partial charge in [-0.05, 0) is 41.8 Å². The predicted molar refractivity (Wildman–Crippen MR) is 135 cm³/mol. The fourth-order valence-electron chi connectivity index (χ4n) is 3.89. The minimum absolute atomic E-state index is 0.199. The Morgan fingerprint density at radius 3 is 2.35 bits per heavy atom. The van der Waals surface area contributed by atoms with E-state index in [-0.39, 0.29) is 30.0 Å². The van der Waals surface area contributed by atoms with E-state index < -0.39 is 11.7 Å². The van der Waals surface area contributed by atoms with Gasteiger partial charge in [0.1, 0.15) is 16.5 Å². The van der Waals surface area contributed by atoms with E-state index in [0.29, 0.717) is 23.7 Å². The number of nitrogens with one attached hydrogen (secondary N) is 1. The average Bonchev–Trinajstić information content (AvgIpc) is 3.34. The highest BCUT2D eigenvalue weighted by Gasteiger charge is 2.30. The molecule has 192 valence electrons. The molecule has 1 unspecified atom stereocenters. The number of carbonyl (C=O) groups excluding carboxylic acids is 1. The van der Waals surface area contributed by atoms with Crippen LogP contribution in [0.2, 0.25) is 0 Å². The normalized spacial score (nSPS) is 12.5. The monoisotopic (exact) mass is 527 g/mol. The van der Waals surface area contributed by atoms with Gasteiger partial charge in [0, 0.05) is 18.5 Å². The summed E-state index contributed by atoms with van der Waals surface area (Å²) in [6, 6.07) is 20.5. The van der Waals surface area contributed by atoms with Gasteiger partial charge in [-0.3, -0.25) is 9.69 Å². The van der Waals surface area contributed by atoms with E-state index in [1.54, 1.807) is 23.6 Å². The molecule has 1 aromatic heterocycles. The summed E-state index contributed by atoms with van der Waals surface area (Å²) in [5, 5.41) is 5.25. The molecule has 1 heterocycles. The SMILES string of the molecule is CC(NC(=O)c1csc(CN(Cc2ccc(F)cc2)Cc2cccc(C(F)(F)F)c2)n1)c1ccccc1. The number of amides is 1. The Balaban J connectivity index is 1.49. The fraction of sp³-hybridized carbons (Fsp3) is 0.214. The first-order valence-electron chi connectivity index (χ1n) is 11.6. The number of carbonyl (C=O) groups is 1. The summed E-state index contributed by atoms with van der Waals surface area (Å²) < 4.78 is 53.0. The summed E-state index contributed by atoms with van der Waals surface area (Å²) in [5.74, 6) is -0.671. The zero-order valence-electron chi connectivity index (χ0n) is 20.0. The lowest BCUT2D eigenvalue weighted by Crippen LogP contribution is -2.27. The molecule has 4 nitrogen and oxygen atoms in total. The standard InChI is InChI=1S/C28H25F4N3OS/c1-19(22-7-3-2-4-8-22)33-27(36)25-18-37-26(34-25)17-35(15-20-10-12-24(29)13-11-20)16-21-6-5-9-23(14-21)28(30,31)32/h2-14,18-19H,15-17H2,1H3,(H,33,36). The molecule has 4 aromatic rings. The van der Waals surface area contributed by atoms with Crippen molar-refractivity contribution < 1.29 is 22.4 Å². The van der Waals surface area contributed by atoms with Crippen molar-refractivity contribution >= 4 is 17.2 Å². The highest BCUT2D eigenvalue weighted by Crippen LogP contribution is 2.30. The molecule has 4 rings (SSSR count). The summed E-state index contributed by atoms with van der Waals surface area (Å²) in [7, 11) is 0. The zero-order chi connectivity index (χ0) is 26.4. The second-order valence-corrected chi connectivity index (χ2v) is 9.64. The fourth-order valence-corrected chi connectivity index (χ4v) is 4.71. The molecular weight excluding hydrogens is 502 g/mol. The molecule has 9 heteroatoms. The molecule has 0 saturated heterocycles. The molecule has 0 radical (unpaired) electrons. The van der Waals surface area contributed by atoms with Crippen LogP contribution < -0.4 is 5.32 Å². The van der Waals surface area contributed by atoms with Crippen molar-refractivity contribution in [1.82, 2.24) is 15.2 Å². The van der Waals surface area contributed by atoms with Gasteiger partial charge in [0.2, 0.25) is 0 Å². The number of nitrogens with zero attached hydrogens (tertiary/aromatic N) is 2. The largest absolute Gasteiger partial charge is 0.416 e. The second-order valence-electron chi connectivity index (χ2n) is 8.70. The maximum Gasteiger partial charge on any atom is 0.416 e. The highest BCUT2D eigenvalue weighted by atomic mass is 32.1. The van der Waals surface area contributed by atoms with Crippen LogP contribution in [0.4, 0.5) is 17.6 Å². The topological polar surface area (TPSA) is 45.2 Å². The van der Waals surface area contributed by atoms with E-state index in [9.17, 15) is 22.4 Å². The van der Waals surface area contributed by atoms with Gasteiger partial charge in [0.05, 0.1) is 18.2 Å². The average molecular weight is 528 g/mol. The molecule has 0 aliphatic carbocycles. The lowest BCUT2D eigenvalue weighted by atomic mass is 10.1. The molecule has 0 aliphatic heterocycles. The summed E-state index contributed by atoms with van der Waals surface area (Å²) in [4.78, 5) is 19.1. The van der Waals surface area contributed by atoms with Crippen molar-refractivity contribution in [1.29, 1.82) is 0 Å². The molecule has 0 fully saturated rings. The van der Waals surface area contributed by atoms with E-state index in [4.69, 9.17) is 0 Å². The van der Waals surface area contributed by atoms with Crippen molar-refractivity contribution in [3.05, 3.63) is 123 Å². The number of alkyl halides is 3. The van der Waals surface area contributed by atoms with Crippen LogP contribution in [-0.4, -0.2) is 15.8 Å². The van der Waals surface area contributed by atoms with Crippen LogP contribution in [0.15, 0.2) is 84.2 Å². The summed E-state index contributed by atoms with van der Waals surface area (Å²) in [6.07, 6.45) is -4.44. The number of benzene rings is 3. The van der Waals surface area contributed by atoms with Gasteiger partial charge in [-0.15, -0.1) is 11.3 Å². The number of hydrogen-bond donors (Lipinski definition) is 1. The molecule has 37 heavy (non-hydrogen) atoms. The minimum Gasteiger partial charge on any atom is -0.344 e. The van der Waals surface area contributed by atoms with E-state index in [2.05, 4.69) is 10.3 Å². The highest BCUT2D eigenvalue weighted by molar-refractivity contribution is 7.09. The summed E-state index contributed by atoms with van der Waals surface area (Å²) in [6.45, 7) is 2.77. The Morgan fingerprint density at radius 1 is 0.946 bits per heavy atom. The first kappa shape index (κ1) is 26.5. The first-order valence-corrected chi connectivity index (χ1v) is 12.5. The first-order chi connectivity index (χ1) is 17.7. The maximum atomic E-state index is 13.4. The molecular formula is C28H25F4N3OS. The van der Waals surface area contributed by atoms with Crippen LogP contribution >= 0.6 is 11.3 Å².